The maximum Gasteiger partial charge on any atom is 0.387 e. The van der Waals surface area contributed by atoms with Gasteiger partial charge in [0.15, 0.2) is 0 Å². The number of amides is 1. The van der Waals surface area contributed by atoms with Gasteiger partial charge in [-0.2, -0.15) is 8.78 Å². The van der Waals surface area contributed by atoms with E-state index in [0.29, 0.717) is 6.54 Å². The van der Waals surface area contributed by atoms with E-state index in [1.807, 2.05) is 0 Å². The Morgan fingerprint density at radius 3 is 2.70 bits per heavy atom. The molecular weight excluding hydrogens is 266 g/mol. The van der Waals surface area contributed by atoms with Crippen molar-refractivity contribution < 1.29 is 18.3 Å². The molecule has 0 spiro atoms. The fourth-order valence-electron chi connectivity index (χ4n) is 2.18. The van der Waals surface area contributed by atoms with Crippen LogP contribution in [-0.2, 0) is 11.3 Å². The number of ether oxygens (including phenoxy) is 1. The molecule has 1 amide bonds. The summed E-state index contributed by atoms with van der Waals surface area (Å²) in [4.78, 5) is 11.9. The second-order valence-corrected chi connectivity index (χ2v) is 4.74. The van der Waals surface area contributed by atoms with Gasteiger partial charge in [0.05, 0.1) is 6.04 Å². The van der Waals surface area contributed by atoms with Gasteiger partial charge in [0.25, 0.3) is 0 Å². The van der Waals surface area contributed by atoms with Crippen molar-refractivity contribution in [1.29, 1.82) is 0 Å². The Morgan fingerprint density at radius 2 is 2.10 bits per heavy atom. The van der Waals surface area contributed by atoms with Crippen molar-refractivity contribution >= 4 is 5.91 Å². The minimum Gasteiger partial charge on any atom is -0.435 e. The van der Waals surface area contributed by atoms with Crippen LogP contribution < -0.4 is 15.4 Å². The summed E-state index contributed by atoms with van der Waals surface area (Å²) in [6, 6.07) is 6.13. The van der Waals surface area contributed by atoms with Gasteiger partial charge >= 0.3 is 6.61 Å². The minimum atomic E-state index is -2.82. The molecule has 2 N–H and O–H groups in total. The molecule has 1 atom stereocenters. The number of alkyl halides is 2. The van der Waals surface area contributed by atoms with Crippen molar-refractivity contribution in [1.82, 2.24) is 10.6 Å². The minimum absolute atomic E-state index is 0.0161. The van der Waals surface area contributed by atoms with Crippen molar-refractivity contribution in [3.8, 4) is 5.75 Å². The van der Waals surface area contributed by atoms with E-state index in [1.54, 1.807) is 12.1 Å². The van der Waals surface area contributed by atoms with Crippen molar-refractivity contribution in [3.05, 3.63) is 29.8 Å². The summed E-state index contributed by atoms with van der Waals surface area (Å²) in [5.74, 6) is 0.0987. The van der Waals surface area contributed by atoms with Crippen molar-refractivity contribution in [2.45, 2.75) is 38.5 Å². The fourth-order valence-corrected chi connectivity index (χ4v) is 2.18. The summed E-state index contributed by atoms with van der Waals surface area (Å²) < 4.78 is 28.2. The van der Waals surface area contributed by atoms with Crippen LogP contribution in [0.5, 0.6) is 5.75 Å². The van der Waals surface area contributed by atoms with Gasteiger partial charge in [-0.3, -0.25) is 4.79 Å². The van der Waals surface area contributed by atoms with Crippen LogP contribution in [0.25, 0.3) is 0 Å². The van der Waals surface area contributed by atoms with Crippen LogP contribution in [0, 0.1) is 0 Å². The number of benzene rings is 1. The predicted octanol–water partition coefficient (Wildman–Crippen LogP) is 2.05. The molecule has 4 nitrogen and oxygen atoms in total. The third-order valence-corrected chi connectivity index (χ3v) is 3.24. The fraction of sp³-hybridized carbons (Fsp3) is 0.500. The number of carbonyl (C=O) groups is 1. The lowest BCUT2D eigenvalue weighted by Crippen LogP contribution is -2.46. The topological polar surface area (TPSA) is 50.4 Å². The lowest BCUT2D eigenvalue weighted by molar-refractivity contribution is -0.123. The highest BCUT2D eigenvalue weighted by atomic mass is 19.3. The zero-order valence-electron chi connectivity index (χ0n) is 11.1. The van der Waals surface area contributed by atoms with Gasteiger partial charge in [-0.15, -0.1) is 0 Å². The Kier molecular flexibility index (Phi) is 5.29. The molecule has 1 saturated heterocycles. The summed E-state index contributed by atoms with van der Waals surface area (Å²) >= 11 is 0. The lowest BCUT2D eigenvalue weighted by Gasteiger charge is -2.22. The maximum absolute atomic E-state index is 12.0. The largest absolute Gasteiger partial charge is 0.435 e. The number of nitrogens with one attached hydrogen (secondary N) is 2. The van der Waals surface area contributed by atoms with Gasteiger partial charge < -0.3 is 15.4 Å². The lowest BCUT2D eigenvalue weighted by atomic mass is 10.0. The quantitative estimate of drug-likeness (QED) is 0.870. The molecule has 110 valence electrons. The molecule has 20 heavy (non-hydrogen) atoms. The standard InChI is InChI=1S/C14H18F2N2O2/c15-14(16)20-11-6-4-10(5-7-11)9-18-13(19)12-3-1-2-8-17-12/h4-7,12,14,17H,1-3,8-9H2,(H,18,19)/t12-/m0/s1. The summed E-state index contributed by atoms with van der Waals surface area (Å²) in [6.07, 6.45) is 3.02. The SMILES string of the molecule is O=C(NCc1ccc(OC(F)F)cc1)[C@@H]1CCCCN1. The highest BCUT2D eigenvalue weighted by molar-refractivity contribution is 5.81. The van der Waals surface area contributed by atoms with Gasteiger partial charge in [0.2, 0.25) is 5.91 Å². The smallest absolute Gasteiger partial charge is 0.387 e. The van der Waals surface area contributed by atoms with E-state index in [2.05, 4.69) is 15.4 Å². The van der Waals surface area contributed by atoms with E-state index in [0.717, 1.165) is 31.4 Å². The molecule has 1 aromatic carbocycles. The zero-order chi connectivity index (χ0) is 14.4. The van der Waals surface area contributed by atoms with E-state index < -0.39 is 6.61 Å². The number of rotatable bonds is 5. The van der Waals surface area contributed by atoms with Crippen LogP contribution in [0.3, 0.4) is 0 Å². The normalized spacial score (nSPS) is 18.9. The Bertz CT molecular complexity index is 431. The van der Waals surface area contributed by atoms with Gasteiger partial charge in [-0.05, 0) is 37.1 Å². The third-order valence-electron chi connectivity index (χ3n) is 3.24. The number of carbonyl (C=O) groups excluding carboxylic acids is 1. The van der Waals surface area contributed by atoms with Gasteiger partial charge in [0, 0.05) is 6.54 Å². The molecule has 1 aliphatic heterocycles. The molecule has 0 aliphatic carbocycles. The Balaban J connectivity index is 1.79. The molecule has 1 fully saturated rings. The van der Waals surface area contributed by atoms with Crippen LogP contribution in [0.15, 0.2) is 24.3 Å². The molecule has 1 heterocycles. The van der Waals surface area contributed by atoms with Gasteiger partial charge in [-0.1, -0.05) is 18.6 Å². The third kappa shape index (κ3) is 4.45. The zero-order valence-corrected chi connectivity index (χ0v) is 11.1. The van der Waals surface area contributed by atoms with E-state index in [4.69, 9.17) is 0 Å². The maximum atomic E-state index is 12.0. The van der Waals surface area contributed by atoms with E-state index in [9.17, 15) is 13.6 Å². The first-order valence-electron chi connectivity index (χ1n) is 6.70. The Hall–Kier alpha value is -1.69. The predicted molar refractivity (Wildman–Crippen MR) is 70.6 cm³/mol. The number of piperidine rings is 1. The van der Waals surface area contributed by atoms with Gasteiger partial charge in [-0.25, -0.2) is 0 Å². The van der Waals surface area contributed by atoms with Crippen LogP contribution in [0.1, 0.15) is 24.8 Å². The second-order valence-electron chi connectivity index (χ2n) is 4.74. The van der Waals surface area contributed by atoms with E-state index in [-0.39, 0.29) is 17.7 Å². The molecule has 0 unspecified atom stereocenters. The van der Waals surface area contributed by atoms with Crippen LogP contribution >= 0.6 is 0 Å². The molecular formula is C14H18F2N2O2. The average Bonchev–Trinajstić information content (AvgIpc) is 2.46. The Labute approximate surface area is 116 Å². The summed E-state index contributed by atoms with van der Waals surface area (Å²) in [5.41, 5.74) is 0.843. The highest BCUT2D eigenvalue weighted by Crippen LogP contribution is 2.15. The second kappa shape index (κ2) is 7.19. The first kappa shape index (κ1) is 14.7. The average molecular weight is 284 g/mol. The molecule has 0 bridgehead atoms. The Morgan fingerprint density at radius 1 is 1.35 bits per heavy atom. The summed E-state index contributed by atoms with van der Waals surface area (Å²) in [5, 5.41) is 6.01. The number of halogens is 2. The molecule has 0 saturated carbocycles. The first-order valence-corrected chi connectivity index (χ1v) is 6.70. The number of hydrogen-bond donors (Lipinski definition) is 2. The van der Waals surface area contributed by atoms with E-state index >= 15 is 0 Å². The number of hydrogen-bond acceptors (Lipinski definition) is 3. The highest BCUT2D eigenvalue weighted by Gasteiger charge is 2.19. The molecule has 1 aromatic rings. The summed E-state index contributed by atoms with van der Waals surface area (Å²) in [7, 11) is 0. The molecule has 0 aromatic heterocycles. The molecule has 2 rings (SSSR count). The van der Waals surface area contributed by atoms with Gasteiger partial charge in [0.1, 0.15) is 5.75 Å². The first-order chi connectivity index (χ1) is 9.65. The summed E-state index contributed by atoms with van der Waals surface area (Å²) in [6.45, 7) is -1.57. The molecule has 0 radical (unpaired) electrons. The van der Waals surface area contributed by atoms with Crippen molar-refractivity contribution in [2.75, 3.05) is 6.54 Å². The van der Waals surface area contributed by atoms with Crippen molar-refractivity contribution in [2.24, 2.45) is 0 Å². The molecule has 6 heteroatoms. The van der Waals surface area contributed by atoms with Crippen LogP contribution in [0.2, 0.25) is 0 Å². The van der Waals surface area contributed by atoms with Crippen molar-refractivity contribution in [3.63, 3.8) is 0 Å². The van der Waals surface area contributed by atoms with Crippen LogP contribution in [-0.4, -0.2) is 25.1 Å². The molecule has 1 aliphatic rings. The van der Waals surface area contributed by atoms with Crippen LogP contribution in [0.4, 0.5) is 8.78 Å². The van der Waals surface area contributed by atoms with E-state index in [1.165, 1.54) is 12.1 Å². The monoisotopic (exact) mass is 284 g/mol.